The van der Waals surface area contributed by atoms with Crippen molar-refractivity contribution in [3.05, 3.63) is 24.7 Å². The first-order valence-electron chi connectivity index (χ1n) is 3.23. The van der Waals surface area contributed by atoms with Crippen LogP contribution in [-0.2, 0) is 0 Å². The minimum Gasteiger partial charge on any atom is -0.143 e. The van der Waals surface area contributed by atoms with E-state index in [0.717, 1.165) is 4.90 Å². The number of thiophene rings is 1. The lowest BCUT2D eigenvalue weighted by molar-refractivity contribution is 1.51. The van der Waals surface area contributed by atoms with E-state index in [-0.39, 0.29) is 0 Å². The SMILES string of the molecule is Sc1cc(I)c2c(I)csc2c1. The van der Waals surface area contributed by atoms with Gasteiger partial charge in [-0.15, -0.1) is 24.0 Å². The van der Waals surface area contributed by atoms with Crippen molar-refractivity contribution in [2.45, 2.75) is 4.90 Å². The summed E-state index contributed by atoms with van der Waals surface area (Å²) in [6, 6.07) is 4.22. The third-order valence-electron chi connectivity index (χ3n) is 1.57. The maximum absolute atomic E-state index is 4.34. The Morgan fingerprint density at radius 2 is 1.92 bits per heavy atom. The standard InChI is InChI=1S/C8H4I2S2/c9-5-1-4(11)2-7-8(5)6(10)3-12-7/h1-3,11H. The number of thiol groups is 1. The molecule has 1 heterocycles. The largest absolute Gasteiger partial charge is 0.143 e. The van der Waals surface area contributed by atoms with Gasteiger partial charge in [-0.2, -0.15) is 0 Å². The van der Waals surface area contributed by atoms with Gasteiger partial charge in [0.1, 0.15) is 0 Å². The zero-order valence-corrected chi connectivity index (χ0v) is 11.9. The summed E-state index contributed by atoms with van der Waals surface area (Å²) in [6.45, 7) is 0. The van der Waals surface area contributed by atoms with E-state index >= 15 is 0 Å². The maximum Gasteiger partial charge on any atom is 0.0375 e. The molecule has 0 atom stereocenters. The van der Waals surface area contributed by atoms with E-state index in [1.165, 1.54) is 17.2 Å². The average Bonchev–Trinajstić information content (AvgIpc) is 2.31. The van der Waals surface area contributed by atoms with Gasteiger partial charge in [-0.05, 0) is 57.3 Å². The van der Waals surface area contributed by atoms with E-state index in [1.54, 1.807) is 11.3 Å². The second-order valence-corrected chi connectivity index (χ2v) is 6.14. The summed E-state index contributed by atoms with van der Waals surface area (Å²) in [4.78, 5) is 1.05. The lowest BCUT2D eigenvalue weighted by Crippen LogP contribution is -1.75. The summed E-state index contributed by atoms with van der Waals surface area (Å²) >= 11 is 10.9. The summed E-state index contributed by atoms with van der Waals surface area (Å²) in [5.74, 6) is 0. The van der Waals surface area contributed by atoms with E-state index in [4.69, 9.17) is 0 Å². The monoisotopic (exact) mass is 418 g/mol. The lowest BCUT2D eigenvalue weighted by atomic mass is 10.3. The van der Waals surface area contributed by atoms with Crippen molar-refractivity contribution in [1.82, 2.24) is 0 Å². The average molecular weight is 418 g/mol. The molecule has 0 aliphatic rings. The number of rotatable bonds is 0. The predicted molar refractivity (Wildman–Crippen MR) is 74.5 cm³/mol. The van der Waals surface area contributed by atoms with Gasteiger partial charge in [-0.25, -0.2) is 0 Å². The van der Waals surface area contributed by atoms with Crippen LogP contribution in [0, 0.1) is 7.14 Å². The molecule has 0 radical (unpaired) electrons. The summed E-state index contributed by atoms with van der Waals surface area (Å²) in [6.07, 6.45) is 0. The molecule has 0 saturated carbocycles. The Morgan fingerprint density at radius 3 is 2.67 bits per heavy atom. The highest BCUT2D eigenvalue weighted by molar-refractivity contribution is 14.1. The minimum absolute atomic E-state index is 1.05. The molecule has 0 spiro atoms. The van der Waals surface area contributed by atoms with E-state index in [1.807, 2.05) is 0 Å². The van der Waals surface area contributed by atoms with Crippen LogP contribution < -0.4 is 0 Å². The quantitative estimate of drug-likeness (QED) is 0.476. The highest BCUT2D eigenvalue weighted by Crippen LogP contribution is 2.32. The molecule has 12 heavy (non-hydrogen) atoms. The molecule has 0 unspecified atom stereocenters. The van der Waals surface area contributed by atoms with Gasteiger partial charge in [0, 0.05) is 27.5 Å². The molecule has 0 aliphatic heterocycles. The molecule has 1 aromatic carbocycles. The molecule has 0 saturated heterocycles. The number of halogens is 2. The van der Waals surface area contributed by atoms with Crippen molar-refractivity contribution in [3.8, 4) is 0 Å². The molecular weight excluding hydrogens is 414 g/mol. The van der Waals surface area contributed by atoms with Crippen LogP contribution >= 0.6 is 69.1 Å². The van der Waals surface area contributed by atoms with Gasteiger partial charge in [-0.1, -0.05) is 0 Å². The summed E-state index contributed by atoms with van der Waals surface area (Å²) in [5, 5.41) is 3.56. The van der Waals surface area contributed by atoms with Crippen LogP contribution in [0.4, 0.5) is 0 Å². The third-order valence-corrected chi connectivity index (χ3v) is 4.88. The molecule has 0 amide bonds. The van der Waals surface area contributed by atoms with Crippen molar-refractivity contribution >= 4 is 79.2 Å². The van der Waals surface area contributed by atoms with E-state index < -0.39 is 0 Å². The molecule has 2 rings (SSSR count). The van der Waals surface area contributed by atoms with Crippen molar-refractivity contribution < 1.29 is 0 Å². The summed E-state index contributed by atoms with van der Waals surface area (Å²) in [7, 11) is 0. The molecule has 62 valence electrons. The Kier molecular flexibility index (Phi) is 2.88. The molecule has 1 aromatic heterocycles. The molecule has 0 bridgehead atoms. The predicted octanol–water partition coefficient (Wildman–Crippen LogP) is 4.40. The van der Waals surface area contributed by atoms with Gasteiger partial charge < -0.3 is 0 Å². The van der Waals surface area contributed by atoms with E-state index in [9.17, 15) is 0 Å². The van der Waals surface area contributed by atoms with Crippen molar-refractivity contribution in [2.75, 3.05) is 0 Å². The highest BCUT2D eigenvalue weighted by Gasteiger charge is 2.05. The third kappa shape index (κ3) is 1.62. The first kappa shape index (κ1) is 9.54. The fourth-order valence-electron chi connectivity index (χ4n) is 1.07. The smallest absolute Gasteiger partial charge is 0.0375 e. The highest BCUT2D eigenvalue weighted by atomic mass is 127. The number of hydrogen-bond acceptors (Lipinski definition) is 2. The topological polar surface area (TPSA) is 0 Å². The van der Waals surface area contributed by atoms with Gasteiger partial charge >= 0.3 is 0 Å². The van der Waals surface area contributed by atoms with Crippen LogP contribution in [-0.4, -0.2) is 0 Å². The molecule has 0 aliphatic carbocycles. The van der Waals surface area contributed by atoms with Crippen LogP contribution in [0.25, 0.3) is 10.1 Å². The number of fused-ring (bicyclic) bond motifs is 1. The molecule has 0 nitrogen and oxygen atoms in total. The molecule has 2 aromatic rings. The van der Waals surface area contributed by atoms with Crippen LogP contribution in [0.5, 0.6) is 0 Å². The lowest BCUT2D eigenvalue weighted by Gasteiger charge is -1.96. The second-order valence-electron chi connectivity index (χ2n) is 2.38. The Balaban J connectivity index is 2.93. The van der Waals surface area contributed by atoms with Gasteiger partial charge in [-0.3, -0.25) is 0 Å². The van der Waals surface area contributed by atoms with E-state index in [2.05, 4.69) is 75.3 Å². The van der Waals surface area contributed by atoms with Crippen LogP contribution in [0.3, 0.4) is 0 Å². The van der Waals surface area contributed by atoms with Crippen molar-refractivity contribution in [1.29, 1.82) is 0 Å². The first-order valence-corrected chi connectivity index (χ1v) is 6.72. The minimum atomic E-state index is 1.05. The van der Waals surface area contributed by atoms with Crippen LogP contribution in [0.2, 0.25) is 0 Å². The molecular formula is C8H4I2S2. The second kappa shape index (κ2) is 3.62. The first-order chi connectivity index (χ1) is 5.68. The number of benzene rings is 1. The zero-order chi connectivity index (χ0) is 8.72. The van der Waals surface area contributed by atoms with Gasteiger partial charge in [0.15, 0.2) is 0 Å². The van der Waals surface area contributed by atoms with Crippen molar-refractivity contribution in [3.63, 3.8) is 0 Å². The Morgan fingerprint density at radius 1 is 1.17 bits per heavy atom. The Bertz CT molecular complexity index is 434. The fraction of sp³-hybridized carbons (Fsp3) is 0. The molecule has 0 N–H and O–H groups in total. The van der Waals surface area contributed by atoms with Crippen LogP contribution in [0.1, 0.15) is 0 Å². The van der Waals surface area contributed by atoms with E-state index in [0.29, 0.717) is 0 Å². The van der Waals surface area contributed by atoms with Gasteiger partial charge in [0.05, 0.1) is 0 Å². The summed E-state index contributed by atoms with van der Waals surface area (Å²) in [5.41, 5.74) is 0. The van der Waals surface area contributed by atoms with Crippen molar-refractivity contribution in [2.24, 2.45) is 0 Å². The van der Waals surface area contributed by atoms with Gasteiger partial charge in [0.2, 0.25) is 0 Å². The Labute approximate surface area is 107 Å². The number of hydrogen-bond donors (Lipinski definition) is 1. The normalized spacial score (nSPS) is 10.9. The Hall–Kier alpha value is 0.990. The molecule has 0 fully saturated rings. The fourth-order valence-corrected chi connectivity index (χ4v) is 5.30. The van der Waals surface area contributed by atoms with Gasteiger partial charge in [0.25, 0.3) is 0 Å². The maximum atomic E-state index is 4.34. The van der Waals surface area contributed by atoms with Crippen LogP contribution in [0.15, 0.2) is 22.4 Å². The zero-order valence-electron chi connectivity index (χ0n) is 5.84. The molecule has 4 heteroatoms. The summed E-state index contributed by atoms with van der Waals surface area (Å²) < 4.78 is 3.96.